The van der Waals surface area contributed by atoms with E-state index < -0.39 is 5.97 Å². The third-order valence-electron chi connectivity index (χ3n) is 1.31. The van der Waals surface area contributed by atoms with Crippen molar-refractivity contribution in [3.8, 4) is 0 Å². The Morgan fingerprint density at radius 1 is 1.75 bits per heavy atom. The fraction of sp³-hybridized carbons (Fsp3) is 0.143. The molecule has 0 saturated carbocycles. The first kappa shape index (κ1) is 8.99. The third kappa shape index (κ3) is 1.94. The van der Waals surface area contributed by atoms with E-state index in [2.05, 4.69) is 26.2 Å². The zero-order valence-corrected chi connectivity index (χ0v) is 7.71. The van der Waals surface area contributed by atoms with Crippen LogP contribution in [0.4, 0.5) is 5.69 Å². The average molecular weight is 231 g/mol. The van der Waals surface area contributed by atoms with Gasteiger partial charge in [-0.05, 0) is 6.07 Å². The van der Waals surface area contributed by atoms with Crippen LogP contribution >= 0.6 is 15.9 Å². The predicted molar refractivity (Wildman–Crippen MR) is 48.6 cm³/mol. The normalized spacial score (nSPS) is 9.42. The molecule has 0 unspecified atom stereocenters. The quantitative estimate of drug-likeness (QED) is 0.611. The summed E-state index contributed by atoms with van der Waals surface area (Å²) in [5.41, 5.74) is 1.25. The van der Waals surface area contributed by atoms with Crippen LogP contribution in [0.1, 0.15) is 10.4 Å². The van der Waals surface area contributed by atoms with Crippen LogP contribution in [0.2, 0.25) is 0 Å². The highest BCUT2D eigenvalue weighted by molar-refractivity contribution is 9.09. The van der Waals surface area contributed by atoms with E-state index in [0.717, 1.165) is 0 Å². The number of aromatic carboxylic acids is 1. The largest absolute Gasteiger partial charge is 0.478 e. The van der Waals surface area contributed by atoms with Gasteiger partial charge in [0, 0.05) is 12.4 Å². The second kappa shape index (κ2) is 4.06. The highest BCUT2D eigenvalue weighted by atomic mass is 79.9. The number of carbonyl (C=O) groups is 1. The van der Waals surface area contributed by atoms with E-state index >= 15 is 0 Å². The van der Waals surface area contributed by atoms with Crippen molar-refractivity contribution in [1.29, 1.82) is 0 Å². The van der Waals surface area contributed by atoms with Crippen molar-refractivity contribution in [2.45, 2.75) is 0 Å². The van der Waals surface area contributed by atoms with Gasteiger partial charge < -0.3 is 10.4 Å². The fourth-order valence-electron chi connectivity index (χ4n) is 0.791. The zero-order valence-electron chi connectivity index (χ0n) is 6.12. The molecule has 64 valence electrons. The van der Waals surface area contributed by atoms with Crippen LogP contribution in [0.5, 0.6) is 0 Å². The monoisotopic (exact) mass is 230 g/mol. The van der Waals surface area contributed by atoms with Crippen LogP contribution in [0.25, 0.3) is 0 Å². The van der Waals surface area contributed by atoms with Crippen molar-refractivity contribution in [2.75, 3.05) is 10.8 Å². The zero-order chi connectivity index (χ0) is 8.97. The van der Waals surface area contributed by atoms with Gasteiger partial charge in [-0.15, -0.1) is 0 Å². The molecule has 0 fully saturated rings. The summed E-state index contributed by atoms with van der Waals surface area (Å²) in [7, 11) is 0. The summed E-state index contributed by atoms with van der Waals surface area (Å²) in [6.45, 7) is 0. The first-order valence-corrected chi connectivity index (χ1v) is 4.35. The van der Waals surface area contributed by atoms with Crippen molar-refractivity contribution in [3.05, 3.63) is 24.0 Å². The van der Waals surface area contributed by atoms with Crippen LogP contribution in [-0.2, 0) is 0 Å². The molecule has 0 aromatic carbocycles. The number of halogens is 1. The number of anilines is 1. The maximum atomic E-state index is 10.6. The lowest BCUT2D eigenvalue weighted by Gasteiger charge is -2.04. The van der Waals surface area contributed by atoms with Gasteiger partial charge in [0.2, 0.25) is 0 Å². The smallest absolute Gasteiger partial charge is 0.339 e. The highest BCUT2D eigenvalue weighted by Crippen LogP contribution is 2.13. The second-order valence-electron chi connectivity index (χ2n) is 2.04. The molecule has 1 aromatic rings. The summed E-state index contributed by atoms with van der Waals surface area (Å²) in [4.78, 5) is 14.3. The van der Waals surface area contributed by atoms with Crippen molar-refractivity contribution in [3.63, 3.8) is 0 Å². The van der Waals surface area contributed by atoms with Gasteiger partial charge in [-0.3, -0.25) is 4.98 Å². The first-order chi connectivity index (χ1) is 5.75. The molecule has 0 saturated heterocycles. The van der Waals surface area contributed by atoms with Gasteiger partial charge in [0.1, 0.15) is 5.56 Å². The van der Waals surface area contributed by atoms with Gasteiger partial charge in [0.05, 0.1) is 11.1 Å². The Labute approximate surface area is 77.8 Å². The molecule has 0 aliphatic heterocycles. The predicted octanol–water partition coefficient (Wildman–Crippen LogP) is 1.54. The number of rotatable bonds is 3. The second-order valence-corrected chi connectivity index (χ2v) is 2.60. The van der Waals surface area contributed by atoms with Crippen LogP contribution in [0, 0.1) is 0 Å². The van der Waals surface area contributed by atoms with E-state index in [9.17, 15) is 4.79 Å². The molecular weight excluding hydrogens is 224 g/mol. The van der Waals surface area contributed by atoms with Gasteiger partial charge in [0.15, 0.2) is 0 Å². The summed E-state index contributed by atoms with van der Waals surface area (Å²) in [6, 6.07) is 1.62. The number of aromatic nitrogens is 1. The van der Waals surface area contributed by atoms with Gasteiger partial charge in [0.25, 0.3) is 0 Å². The van der Waals surface area contributed by atoms with E-state index in [0.29, 0.717) is 11.1 Å². The number of carboxylic acids is 1. The van der Waals surface area contributed by atoms with E-state index in [1.807, 2.05) is 0 Å². The Hall–Kier alpha value is -1.10. The molecular formula is C7H7BrN2O2. The van der Waals surface area contributed by atoms with E-state index in [1.54, 1.807) is 6.07 Å². The van der Waals surface area contributed by atoms with Crippen molar-refractivity contribution in [1.82, 2.24) is 4.98 Å². The maximum Gasteiger partial charge on any atom is 0.339 e. The Morgan fingerprint density at radius 2 is 2.50 bits per heavy atom. The lowest BCUT2D eigenvalue weighted by molar-refractivity contribution is 0.0697. The number of nitrogens with one attached hydrogen (secondary N) is 1. The Balaban J connectivity index is 3.00. The molecule has 0 atom stereocenters. The lowest BCUT2D eigenvalue weighted by atomic mass is 10.2. The Bertz CT molecular complexity index is 290. The Kier molecular flexibility index (Phi) is 3.04. The number of hydrogen-bond donors (Lipinski definition) is 2. The van der Waals surface area contributed by atoms with E-state index in [-0.39, 0.29) is 5.56 Å². The van der Waals surface area contributed by atoms with Crippen LogP contribution in [0.3, 0.4) is 0 Å². The van der Waals surface area contributed by atoms with Crippen molar-refractivity contribution >= 4 is 27.6 Å². The summed E-state index contributed by atoms with van der Waals surface area (Å²) in [5, 5.41) is 11.6. The van der Waals surface area contributed by atoms with Crippen molar-refractivity contribution in [2.24, 2.45) is 0 Å². The number of hydrogen-bond acceptors (Lipinski definition) is 3. The minimum absolute atomic E-state index is 0.178. The molecule has 0 bridgehead atoms. The topological polar surface area (TPSA) is 62.2 Å². The minimum atomic E-state index is -0.980. The van der Waals surface area contributed by atoms with Crippen LogP contribution < -0.4 is 5.32 Å². The molecule has 1 heterocycles. The number of nitrogens with zero attached hydrogens (tertiary/aromatic N) is 1. The summed E-state index contributed by atoms with van der Waals surface area (Å²) in [5.74, 6) is -0.980. The first-order valence-electron chi connectivity index (χ1n) is 3.23. The minimum Gasteiger partial charge on any atom is -0.478 e. The standard InChI is InChI=1S/C7H7BrN2O2/c8-4-10-6-1-2-9-3-5(6)7(11)12/h1-3H,4H2,(H,9,10)(H,11,12). The molecule has 12 heavy (non-hydrogen) atoms. The molecule has 0 aliphatic carbocycles. The molecule has 0 aliphatic rings. The summed E-state index contributed by atoms with van der Waals surface area (Å²) < 4.78 is 0. The van der Waals surface area contributed by atoms with E-state index in [4.69, 9.17) is 5.11 Å². The molecule has 1 aromatic heterocycles. The molecule has 0 spiro atoms. The van der Waals surface area contributed by atoms with Crippen LogP contribution in [0.15, 0.2) is 18.5 Å². The van der Waals surface area contributed by atoms with Crippen LogP contribution in [-0.4, -0.2) is 21.5 Å². The lowest BCUT2D eigenvalue weighted by Crippen LogP contribution is -2.04. The van der Waals surface area contributed by atoms with Gasteiger partial charge >= 0.3 is 5.97 Å². The molecule has 5 heteroatoms. The molecule has 2 N–H and O–H groups in total. The highest BCUT2D eigenvalue weighted by Gasteiger charge is 2.07. The summed E-state index contributed by atoms with van der Waals surface area (Å²) in [6.07, 6.45) is 2.85. The maximum absolute atomic E-state index is 10.6. The number of carboxylic acid groups (broad SMARTS) is 1. The number of alkyl halides is 1. The molecule has 1 rings (SSSR count). The fourth-order valence-corrected chi connectivity index (χ4v) is 1.09. The molecule has 0 amide bonds. The Morgan fingerprint density at radius 3 is 3.08 bits per heavy atom. The third-order valence-corrected chi connectivity index (χ3v) is 1.59. The molecule has 0 radical (unpaired) electrons. The van der Waals surface area contributed by atoms with Gasteiger partial charge in [-0.1, -0.05) is 15.9 Å². The van der Waals surface area contributed by atoms with Crippen molar-refractivity contribution < 1.29 is 9.90 Å². The van der Waals surface area contributed by atoms with Gasteiger partial charge in [-0.25, -0.2) is 4.79 Å². The average Bonchev–Trinajstić information content (AvgIpc) is 2.05. The summed E-state index contributed by atoms with van der Waals surface area (Å²) >= 11 is 3.14. The van der Waals surface area contributed by atoms with Gasteiger partial charge in [-0.2, -0.15) is 0 Å². The molecule has 4 nitrogen and oxygen atoms in total. The SMILES string of the molecule is O=C(O)c1cnccc1NCBr. The van der Waals surface area contributed by atoms with E-state index in [1.165, 1.54) is 12.4 Å². The number of pyridine rings is 1.